The lowest BCUT2D eigenvalue weighted by molar-refractivity contribution is 0.258. The minimum absolute atomic E-state index is 0.227. The number of nitrogens with two attached hydrogens (primary N) is 1. The van der Waals surface area contributed by atoms with Crippen LogP contribution >= 0.6 is 0 Å². The van der Waals surface area contributed by atoms with Gasteiger partial charge in [-0.2, -0.15) is 9.97 Å². The Morgan fingerprint density at radius 2 is 1.61 bits per heavy atom. The van der Waals surface area contributed by atoms with Crippen LogP contribution in [0.5, 0.6) is 12.0 Å². The van der Waals surface area contributed by atoms with E-state index in [0.29, 0.717) is 13.2 Å². The van der Waals surface area contributed by atoms with E-state index in [-0.39, 0.29) is 18.0 Å². The summed E-state index contributed by atoms with van der Waals surface area (Å²) in [7, 11) is 0. The number of anilines is 1. The van der Waals surface area contributed by atoms with Crippen LogP contribution in [0.1, 0.15) is 39.5 Å². The second kappa shape index (κ2) is 8.46. The second-order valence-electron chi connectivity index (χ2n) is 3.77. The summed E-state index contributed by atoms with van der Waals surface area (Å²) >= 11 is 0. The maximum atomic E-state index is 5.43. The molecule has 0 unspecified atom stereocenters. The molecule has 102 valence electrons. The molecule has 0 fully saturated rings. The summed E-state index contributed by atoms with van der Waals surface area (Å²) in [5, 5.41) is 0. The Morgan fingerprint density at radius 3 is 2.17 bits per heavy atom. The number of hydrazine groups is 1. The first kappa shape index (κ1) is 14.4. The lowest BCUT2D eigenvalue weighted by Crippen LogP contribution is -2.14. The van der Waals surface area contributed by atoms with Crippen LogP contribution in [0.4, 0.5) is 5.95 Å². The number of hydrogen-bond donors (Lipinski definition) is 2. The van der Waals surface area contributed by atoms with E-state index in [9.17, 15) is 0 Å². The van der Waals surface area contributed by atoms with Gasteiger partial charge >= 0.3 is 12.0 Å². The van der Waals surface area contributed by atoms with Gasteiger partial charge in [-0.3, -0.25) is 5.43 Å². The predicted octanol–water partition coefficient (Wildman–Crippen LogP) is 1.51. The minimum Gasteiger partial charge on any atom is -0.463 e. The molecule has 1 aromatic rings. The van der Waals surface area contributed by atoms with Crippen molar-refractivity contribution >= 4 is 5.95 Å². The lowest BCUT2D eigenvalue weighted by atomic mass is 10.3. The molecule has 7 nitrogen and oxygen atoms in total. The maximum absolute atomic E-state index is 5.43. The van der Waals surface area contributed by atoms with Gasteiger partial charge in [0.05, 0.1) is 13.2 Å². The van der Waals surface area contributed by atoms with Gasteiger partial charge < -0.3 is 9.47 Å². The van der Waals surface area contributed by atoms with Crippen molar-refractivity contribution in [2.75, 3.05) is 18.6 Å². The van der Waals surface area contributed by atoms with Crippen molar-refractivity contribution < 1.29 is 9.47 Å². The van der Waals surface area contributed by atoms with E-state index in [2.05, 4.69) is 27.3 Å². The van der Waals surface area contributed by atoms with E-state index in [1.165, 1.54) is 0 Å². The smallest absolute Gasteiger partial charge is 0.324 e. The molecule has 0 aliphatic carbocycles. The lowest BCUT2D eigenvalue weighted by Gasteiger charge is -2.08. The van der Waals surface area contributed by atoms with E-state index in [0.717, 1.165) is 25.7 Å². The normalized spacial score (nSPS) is 10.2. The molecule has 7 heteroatoms. The zero-order valence-electron chi connectivity index (χ0n) is 11.0. The van der Waals surface area contributed by atoms with Gasteiger partial charge in [0.25, 0.3) is 0 Å². The number of nitrogen functional groups attached to an aromatic ring is 1. The first-order chi connectivity index (χ1) is 8.80. The molecule has 18 heavy (non-hydrogen) atoms. The highest BCUT2D eigenvalue weighted by molar-refractivity contribution is 5.25. The molecule has 0 saturated heterocycles. The molecule has 0 spiro atoms. The van der Waals surface area contributed by atoms with Crippen LogP contribution in [-0.4, -0.2) is 28.2 Å². The first-order valence-corrected chi connectivity index (χ1v) is 6.28. The molecule has 1 aromatic heterocycles. The van der Waals surface area contributed by atoms with Gasteiger partial charge in [-0.25, -0.2) is 5.84 Å². The molecule has 0 amide bonds. The zero-order valence-corrected chi connectivity index (χ0v) is 11.0. The molecule has 0 aliphatic rings. The average Bonchev–Trinajstić information content (AvgIpc) is 2.41. The van der Waals surface area contributed by atoms with Crippen molar-refractivity contribution in [3.63, 3.8) is 0 Å². The quantitative estimate of drug-likeness (QED) is 0.392. The van der Waals surface area contributed by atoms with Gasteiger partial charge in [-0.05, 0) is 12.8 Å². The van der Waals surface area contributed by atoms with Crippen LogP contribution in [0.25, 0.3) is 0 Å². The van der Waals surface area contributed by atoms with E-state index in [1.54, 1.807) is 0 Å². The molecule has 0 aliphatic heterocycles. The van der Waals surface area contributed by atoms with Crippen molar-refractivity contribution in [2.45, 2.75) is 39.5 Å². The van der Waals surface area contributed by atoms with Crippen LogP contribution in [0.15, 0.2) is 0 Å². The number of nitrogens with one attached hydrogen (secondary N) is 1. The van der Waals surface area contributed by atoms with Crippen molar-refractivity contribution in [1.82, 2.24) is 15.0 Å². The highest BCUT2D eigenvalue weighted by Crippen LogP contribution is 2.12. The number of unbranched alkanes of at least 4 members (excludes halogenated alkanes) is 2. The highest BCUT2D eigenvalue weighted by Gasteiger charge is 2.07. The topological polar surface area (TPSA) is 95.2 Å². The summed E-state index contributed by atoms with van der Waals surface area (Å²) < 4.78 is 10.8. The van der Waals surface area contributed by atoms with Crippen LogP contribution in [-0.2, 0) is 0 Å². The number of nitrogens with zero attached hydrogens (tertiary/aromatic N) is 3. The van der Waals surface area contributed by atoms with Gasteiger partial charge in [0, 0.05) is 0 Å². The molecule has 0 saturated carbocycles. The van der Waals surface area contributed by atoms with E-state index in [1.807, 2.05) is 6.92 Å². The fraction of sp³-hybridized carbons (Fsp3) is 0.727. The SMILES string of the molecule is CCCCCOc1nc(NN)nc(OCCC)n1. The van der Waals surface area contributed by atoms with E-state index >= 15 is 0 Å². The summed E-state index contributed by atoms with van der Waals surface area (Å²) in [6.45, 7) is 5.26. The van der Waals surface area contributed by atoms with Gasteiger partial charge in [-0.1, -0.05) is 26.7 Å². The second-order valence-corrected chi connectivity index (χ2v) is 3.77. The Kier molecular flexibility index (Phi) is 6.78. The Balaban J connectivity index is 2.58. The van der Waals surface area contributed by atoms with Crippen LogP contribution in [0.2, 0.25) is 0 Å². The summed E-state index contributed by atoms with van der Waals surface area (Å²) in [5.74, 6) is 5.52. The fourth-order valence-electron chi connectivity index (χ4n) is 1.24. The van der Waals surface area contributed by atoms with Gasteiger partial charge in [0.15, 0.2) is 0 Å². The van der Waals surface area contributed by atoms with Gasteiger partial charge in [0.1, 0.15) is 0 Å². The van der Waals surface area contributed by atoms with Crippen molar-refractivity contribution in [3.05, 3.63) is 0 Å². The molecule has 1 heterocycles. The van der Waals surface area contributed by atoms with Crippen molar-refractivity contribution in [3.8, 4) is 12.0 Å². The first-order valence-electron chi connectivity index (χ1n) is 6.28. The molecular formula is C11H21N5O2. The van der Waals surface area contributed by atoms with Crippen molar-refractivity contribution in [1.29, 1.82) is 0 Å². The fourth-order valence-corrected chi connectivity index (χ4v) is 1.24. The third-order valence-corrected chi connectivity index (χ3v) is 2.14. The Bertz CT molecular complexity index is 348. The number of ether oxygens (including phenoxy) is 2. The third-order valence-electron chi connectivity index (χ3n) is 2.14. The predicted molar refractivity (Wildman–Crippen MR) is 68.4 cm³/mol. The third kappa shape index (κ3) is 5.13. The standard InChI is InChI=1S/C11H21N5O2/c1-3-5-6-8-18-11-14-9(16-12)13-10(15-11)17-7-4-2/h3-8,12H2,1-2H3,(H,13,14,15,16). The van der Waals surface area contributed by atoms with Gasteiger partial charge in [0.2, 0.25) is 5.95 Å². The summed E-state index contributed by atoms with van der Waals surface area (Å²) in [6, 6.07) is 0.463. The van der Waals surface area contributed by atoms with Gasteiger partial charge in [-0.15, -0.1) is 4.98 Å². The zero-order chi connectivity index (χ0) is 13.2. The molecule has 0 atom stereocenters. The number of hydrogen-bond acceptors (Lipinski definition) is 7. The Hall–Kier alpha value is -1.63. The number of rotatable bonds is 9. The van der Waals surface area contributed by atoms with Crippen LogP contribution in [0.3, 0.4) is 0 Å². The largest absolute Gasteiger partial charge is 0.463 e. The molecular weight excluding hydrogens is 234 g/mol. The maximum Gasteiger partial charge on any atom is 0.324 e. The summed E-state index contributed by atoms with van der Waals surface area (Å²) in [5.41, 5.74) is 2.36. The van der Waals surface area contributed by atoms with E-state index < -0.39 is 0 Å². The minimum atomic E-state index is 0.227. The Morgan fingerprint density at radius 1 is 0.944 bits per heavy atom. The molecule has 3 N–H and O–H groups in total. The Labute approximate surface area is 107 Å². The molecule has 0 aromatic carbocycles. The average molecular weight is 255 g/mol. The highest BCUT2D eigenvalue weighted by atomic mass is 16.5. The summed E-state index contributed by atoms with van der Waals surface area (Å²) in [4.78, 5) is 12.0. The summed E-state index contributed by atoms with van der Waals surface area (Å²) in [6.07, 6.45) is 4.11. The van der Waals surface area contributed by atoms with Crippen molar-refractivity contribution in [2.24, 2.45) is 5.84 Å². The molecule has 1 rings (SSSR count). The number of aromatic nitrogens is 3. The van der Waals surface area contributed by atoms with E-state index in [4.69, 9.17) is 15.3 Å². The van der Waals surface area contributed by atoms with Crippen LogP contribution < -0.4 is 20.7 Å². The molecule has 0 bridgehead atoms. The molecule has 0 radical (unpaired) electrons. The van der Waals surface area contributed by atoms with Crippen LogP contribution in [0, 0.1) is 0 Å². The monoisotopic (exact) mass is 255 g/mol.